The Kier molecular flexibility index (Phi) is 4.64. The molecule has 0 radical (unpaired) electrons. The van der Waals surface area contributed by atoms with Gasteiger partial charge >= 0.3 is 5.97 Å². The molecule has 2 heterocycles. The lowest BCUT2D eigenvalue weighted by atomic mass is 10.1. The summed E-state index contributed by atoms with van der Waals surface area (Å²) < 4.78 is 21.4. The van der Waals surface area contributed by atoms with Crippen molar-refractivity contribution in [2.45, 2.75) is 18.9 Å². The molecule has 1 aliphatic rings. The lowest BCUT2D eigenvalue weighted by Crippen LogP contribution is -2.24. The topological polar surface area (TPSA) is 75.0 Å². The molecule has 6 heteroatoms. The molecule has 0 saturated carbocycles. The summed E-state index contributed by atoms with van der Waals surface area (Å²) in [6.07, 6.45) is 2.40. The molecule has 1 aromatic heterocycles. The quantitative estimate of drug-likeness (QED) is 0.519. The van der Waals surface area contributed by atoms with Gasteiger partial charge in [0.05, 0.1) is 18.1 Å². The van der Waals surface area contributed by atoms with Gasteiger partial charge < -0.3 is 18.6 Å². The number of carbonyl (C=O) groups is 1. The normalized spacial score (nSPS) is 16.4. The number of esters is 1. The summed E-state index contributed by atoms with van der Waals surface area (Å²) in [4.78, 5) is 24.9. The van der Waals surface area contributed by atoms with E-state index < -0.39 is 12.1 Å². The highest BCUT2D eigenvalue weighted by Gasteiger charge is 2.25. The van der Waals surface area contributed by atoms with Crippen LogP contribution in [0.25, 0.3) is 22.1 Å². The summed E-state index contributed by atoms with van der Waals surface area (Å²) in [5.74, 6) is 0.606. The minimum absolute atomic E-state index is 0.154. The van der Waals surface area contributed by atoms with Crippen molar-refractivity contribution in [1.29, 1.82) is 0 Å². The Hall–Kier alpha value is -3.12. The third-order valence-corrected chi connectivity index (χ3v) is 4.56. The minimum atomic E-state index is -0.523. The zero-order valence-electron chi connectivity index (χ0n) is 14.8. The predicted molar refractivity (Wildman–Crippen MR) is 99.1 cm³/mol. The van der Waals surface area contributed by atoms with Crippen molar-refractivity contribution in [3.8, 4) is 22.6 Å². The molecule has 2 aromatic carbocycles. The van der Waals surface area contributed by atoms with Gasteiger partial charge in [0.25, 0.3) is 0 Å². The Labute approximate surface area is 155 Å². The Morgan fingerprint density at radius 2 is 1.89 bits per heavy atom. The van der Waals surface area contributed by atoms with E-state index in [1.54, 1.807) is 49.6 Å². The second-order valence-electron chi connectivity index (χ2n) is 6.29. The van der Waals surface area contributed by atoms with Gasteiger partial charge in [0.2, 0.25) is 0 Å². The number of fused-ring (bicyclic) bond motifs is 1. The first-order valence-corrected chi connectivity index (χ1v) is 8.69. The van der Waals surface area contributed by atoms with E-state index in [1.165, 1.54) is 6.26 Å². The SMILES string of the molecule is COc1ccc(-c2coc3cc(OC(=O)C4CCCO4)ccc3c2=O)cc1. The Morgan fingerprint density at radius 1 is 1.11 bits per heavy atom. The lowest BCUT2D eigenvalue weighted by Gasteiger charge is -2.10. The molecule has 0 amide bonds. The van der Waals surface area contributed by atoms with Gasteiger partial charge in [-0.25, -0.2) is 4.79 Å². The van der Waals surface area contributed by atoms with Crippen LogP contribution in [0.5, 0.6) is 11.5 Å². The van der Waals surface area contributed by atoms with Crippen molar-refractivity contribution >= 4 is 16.9 Å². The van der Waals surface area contributed by atoms with Crippen LogP contribution in [0.2, 0.25) is 0 Å². The molecule has 0 aliphatic carbocycles. The van der Waals surface area contributed by atoms with Gasteiger partial charge in [-0.3, -0.25) is 4.79 Å². The van der Waals surface area contributed by atoms with Crippen molar-refractivity contribution in [2.24, 2.45) is 0 Å². The van der Waals surface area contributed by atoms with Crippen LogP contribution in [-0.2, 0) is 9.53 Å². The summed E-state index contributed by atoms with van der Waals surface area (Å²) in [6, 6.07) is 11.9. The first kappa shape index (κ1) is 17.3. The fraction of sp³-hybridized carbons (Fsp3) is 0.238. The Balaban J connectivity index is 1.63. The summed E-state index contributed by atoms with van der Waals surface area (Å²) in [7, 11) is 1.59. The van der Waals surface area contributed by atoms with E-state index in [0.717, 1.165) is 12.0 Å². The molecule has 0 bridgehead atoms. The van der Waals surface area contributed by atoms with E-state index in [-0.39, 0.29) is 5.43 Å². The zero-order valence-corrected chi connectivity index (χ0v) is 14.8. The summed E-state index contributed by atoms with van der Waals surface area (Å²) >= 11 is 0. The molecule has 1 unspecified atom stereocenters. The van der Waals surface area contributed by atoms with Crippen LogP contribution in [0.3, 0.4) is 0 Å². The van der Waals surface area contributed by atoms with Crippen molar-refractivity contribution < 1.29 is 23.4 Å². The highest BCUT2D eigenvalue weighted by molar-refractivity contribution is 5.84. The molecule has 1 fully saturated rings. The number of hydrogen-bond donors (Lipinski definition) is 0. The van der Waals surface area contributed by atoms with Crippen molar-refractivity contribution in [3.63, 3.8) is 0 Å². The fourth-order valence-corrected chi connectivity index (χ4v) is 3.09. The molecule has 4 rings (SSSR count). The predicted octanol–water partition coefficient (Wildman–Crippen LogP) is 3.55. The average Bonchev–Trinajstić information content (AvgIpc) is 3.23. The maximum Gasteiger partial charge on any atom is 0.340 e. The van der Waals surface area contributed by atoms with Gasteiger partial charge in [-0.1, -0.05) is 12.1 Å². The summed E-state index contributed by atoms with van der Waals surface area (Å²) in [5, 5.41) is 0.417. The van der Waals surface area contributed by atoms with Crippen LogP contribution in [0.4, 0.5) is 0 Å². The summed E-state index contributed by atoms with van der Waals surface area (Å²) in [6.45, 7) is 0.570. The van der Waals surface area contributed by atoms with Crippen LogP contribution < -0.4 is 14.9 Å². The number of ether oxygens (including phenoxy) is 3. The van der Waals surface area contributed by atoms with Crippen LogP contribution >= 0.6 is 0 Å². The van der Waals surface area contributed by atoms with Gasteiger partial charge in [-0.2, -0.15) is 0 Å². The Bertz CT molecular complexity index is 1030. The van der Waals surface area contributed by atoms with Gasteiger partial charge in [0, 0.05) is 12.7 Å². The molecule has 1 saturated heterocycles. The minimum Gasteiger partial charge on any atom is -0.497 e. The highest BCUT2D eigenvalue weighted by Crippen LogP contribution is 2.25. The zero-order chi connectivity index (χ0) is 18.8. The van der Waals surface area contributed by atoms with Crippen molar-refractivity contribution in [1.82, 2.24) is 0 Å². The molecule has 138 valence electrons. The van der Waals surface area contributed by atoms with Crippen LogP contribution in [0.15, 0.2) is 57.9 Å². The van der Waals surface area contributed by atoms with E-state index in [4.69, 9.17) is 18.6 Å². The first-order valence-electron chi connectivity index (χ1n) is 8.69. The number of rotatable bonds is 4. The number of methoxy groups -OCH3 is 1. The van der Waals surface area contributed by atoms with Crippen LogP contribution in [0, 0.1) is 0 Å². The molecule has 1 atom stereocenters. The van der Waals surface area contributed by atoms with E-state index in [0.29, 0.717) is 41.1 Å². The van der Waals surface area contributed by atoms with E-state index >= 15 is 0 Å². The van der Waals surface area contributed by atoms with E-state index in [2.05, 4.69) is 0 Å². The lowest BCUT2D eigenvalue weighted by molar-refractivity contribution is -0.144. The highest BCUT2D eigenvalue weighted by atomic mass is 16.6. The van der Waals surface area contributed by atoms with E-state index in [9.17, 15) is 9.59 Å². The maximum absolute atomic E-state index is 12.8. The molecular weight excluding hydrogens is 348 g/mol. The molecule has 27 heavy (non-hydrogen) atoms. The number of carbonyl (C=O) groups excluding carboxylic acids is 1. The Morgan fingerprint density at radius 3 is 2.59 bits per heavy atom. The van der Waals surface area contributed by atoms with Gasteiger partial charge in [0.15, 0.2) is 11.5 Å². The molecule has 6 nitrogen and oxygen atoms in total. The third kappa shape index (κ3) is 3.44. The molecule has 0 spiro atoms. The van der Waals surface area contributed by atoms with Crippen LogP contribution in [-0.4, -0.2) is 25.8 Å². The standard InChI is InChI=1S/C21H18O6/c1-24-14-6-4-13(5-7-14)17-12-26-19-11-15(8-9-16(19)20(17)22)27-21(23)18-3-2-10-25-18/h4-9,11-12,18H,2-3,10H2,1H3. The fourth-order valence-electron chi connectivity index (χ4n) is 3.09. The van der Waals surface area contributed by atoms with Gasteiger partial charge in [-0.05, 0) is 42.7 Å². The van der Waals surface area contributed by atoms with Gasteiger partial charge in [-0.15, -0.1) is 0 Å². The second kappa shape index (κ2) is 7.25. The number of benzene rings is 2. The maximum atomic E-state index is 12.8. The van der Waals surface area contributed by atoms with Crippen molar-refractivity contribution in [3.05, 3.63) is 59.0 Å². The third-order valence-electron chi connectivity index (χ3n) is 4.56. The molecular formula is C21H18O6. The van der Waals surface area contributed by atoms with Crippen LogP contribution in [0.1, 0.15) is 12.8 Å². The average molecular weight is 366 g/mol. The smallest absolute Gasteiger partial charge is 0.340 e. The van der Waals surface area contributed by atoms with Crippen molar-refractivity contribution in [2.75, 3.05) is 13.7 Å². The largest absolute Gasteiger partial charge is 0.497 e. The monoisotopic (exact) mass is 366 g/mol. The molecule has 3 aromatic rings. The number of hydrogen-bond acceptors (Lipinski definition) is 6. The second-order valence-corrected chi connectivity index (χ2v) is 6.29. The van der Waals surface area contributed by atoms with Gasteiger partial charge in [0.1, 0.15) is 23.3 Å². The molecule has 0 N–H and O–H groups in total. The first-order chi connectivity index (χ1) is 13.2. The summed E-state index contributed by atoms with van der Waals surface area (Å²) in [5.41, 5.74) is 1.39. The van der Waals surface area contributed by atoms with E-state index in [1.807, 2.05) is 0 Å². The molecule has 1 aliphatic heterocycles.